The van der Waals surface area contributed by atoms with E-state index in [1.807, 2.05) is 18.4 Å². The van der Waals surface area contributed by atoms with Crippen LogP contribution in [0.4, 0.5) is 10.7 Å². The van der Waals surface area contributed by atoms with Crippen molar-refractivity contribution in [1.82, 2.24) is 24.2 Å². The summed E-state index contributed by atoms with van der Waals surface area (Å²) < 4.78 is 11.4. The number of fused-ring (bicyclic) bond motifs is 1. The van der Waals surface area contributed by atoms with Crippen LogP contribution in [0.25, 0.3) is 5.65 Å². The van der Waals surface area contributed by atoms with Crippen LogP contribution in [0.15, 0.2) is 16.4 Å². The fourth-order valence-electron chi connectivity index (χ4n) is 2.23. The topological polar surface area (TPSA) is 92.8 Å². The third kappa shape index (κ3) is 3.09. The summed E-state index contributed by atoms with van der Waals surface area (Å²) >= 11 is 1.25. The smallest absolute Gasteiger partial charge is 0.205 e. The van der Waals surface area contributed by atoms with Crippen molar-refractivity contribution in [3.05, 3.63) is 17.7 Å². The fourth-order valence-corrected chi connectivity index (χ4v) is 2.76. The Balaban J connectivity index is 1.90. The van der Waals surface area contributed by atoms with Crippen LogP contribution in [0.3, 0.4) is 0 Å². The number of unbranched alkanes of at least 4 members (excludes halogenated alkanes) is 1. The highest BCUT2D eigenvalue weighted by Crippen LogP contribution is 2.34. The van der Waals surface area contributed by atoms with Crippen molar-refractivity contribution in [2.45, 2.75) is 40.0 Å². The van der Waals surface area contributed by atoms with Gasteiger partial charge in [-0.05, 0) is 31.8 Å². The van der Waals surface area contributed by atoms with E-state index in [2.05, 4.69) is 36.8 Å². The molecule has 3 aromatic rings. The Morgan fingerprint density at radius 3 is 2.96 bits per heavy atom. The van der Waals surface area contributed by atoms with E-state index in [4.69, 9.17) is 4.74 Å². The third-order valence-electron chi connectivity index (χ3n) is 3.39. The Kier molecular flexibility index (Phi) is 4.65. The number of aromatic amines is 1. The van der Waals surface area contributed by atoms with E-state index >= 15 is 0 Å². The van der Waals surface area contributed by atoms with E-state index in [1.54, 1.807) is 6.20 Å². The van der Waals surface area contributed by atoms with Crippen molar-refractivity contribution in [2.75, 3.05) is 6.61 Å². The van der Waals surface area contributed by atoms with Gasteiger partial charge in [0.1, 0.15) is 0 Å². The fraction of sp³-hybridized carbons (Fsp3) is 0.500. The van der Waals surface area contributed by atoms with Gasteiger partial charge in [-0.3, -0.25) is 5.10 Å². The molecule has 23 heavy (non-hydrogen) atoms. The van der Waals surface area contributed by atoms with Gasteiger partial charge in [0.15, 0.2) is 17.3 Å². The number of aryl methyl sites for hydroxylation is 2. The van der Waals surface area contributed by atoms with Crippen LogP contribution in [0, 0.1) is 6.92 Å². The lowest BCUT2D eigenvalue weighted by molar-refractivity contribution is 0.342. The lowest BCUT2D eigenvalue weighted by Gasteiger charge is -1.97. The highest BCUT2D eigenvalue weighted by molar-refractivity contribution is 7.10. The predicted molar refractivity (Wildman–Crippen MR) is 88.1 cm³/mol. The first-order valence-corrected chi connectivity index (χ1v) is 8.43. The maximum Gasteiger partial charge on any atom is 0.205 e. The van der Waals surface area contributed by atoms with Crippen LogP contribution >= 0.6 is 11.5 Å². The van der Waals surface area contributed by atoms with Gasteiger partial charge in [0.2, 0.25) is 10.6 Å². The Labute approximate surface area is 137 Å². The zero-order valence-corrected chi connectivity index (χ0v) is 14.2. The molecule has 8 nitrogen and oxygen atoms in total. The van der Waals surface area contributed by atoms with E-state index in [0.717, 1.165) is 30.8 Å². The molecule has 3 heterocycles. The van der Waals surface area contributed by atoms with Crippen LogP contribution in [0.1, 0.15) is 38.2 Å². The Morgan fingerprint density at radius 2 is 2.17 bits per heavy atom. The molecule has 0 fully saturated rings. The zero-order valence-electron chi connectivity index (χ0n) is 13.4. The number of nitrogens with zero attached hydrogens (tertiary/aromatic N) is 6. The molecule has 0 radical (unpaired) electrons. The quantitative estimate of drug-likeness (QED) is 0.662. The van der Waals surface area contributed by atoms with Crippen LogP contribution in [-0.2, 0) is 6.42 Å². The van der Waals surface area contributed by atoms with Crippen LogP contribution < -0.4 is 4.74 Å². The van der Waals surface area contributed by atoms with Gasteiger partial charge in [0, 0.05) is 6.42 Å². The van der Waals surface area contributed by atoms with Gasteiger partial charge < -0.3 is 4.74 Å². The van der Waals surface area contributed by atoms with Gasteiger partial charge in [-0.2, -0.15) is 4.37 Å². The van der Waals surface area contributed by atoms with Crippen molar-refractivity contribution in [3.8, 4) is 5.75 Å². The standard InChI is InChI=1S/C14H19N7OS/c1-4-6-7-11-16-18-13-12(9(3)20-21(11)13)17-19-14-10(22-5-2)8-15-23-14/h8,20H,4-7H2,1-3H3. The van der Waals surface area contributed by atoms with Crippen molar-refractivity contribution in [2.24, 2.45) is 10.2 Å². The molecule has 0 atom stereocenters. The number of nitrogens with one attached hydrogen (secondary N) is 1. The molecule has 3 aromatic heterocycles. The Bertz CT molecular complexity index is 816. The molecular weight excluding hydrogens is 314 g/mol. The molecule has 0 aromatic carbocycles. The van der Waals surface area contributed by atoms with Crippen molar-refractivity contribution >= 4 is 27.9 Å². The first-order valence-electron chi connectivity index (χ1n) is 7.66. The van der Waals surface area contributed by atoms with Gasteiger partial charge in [-0.15, -0.1) is 20.4 Å². The van der Waals surface area contributed by atoms with Gasteiger partial charge in [-0.25, -0.2) is 4.52 Å². The van der Waals surface area contributed by atoms with E-state index in [9.17, 15) is 0 Å². The molecule has 0 amide bonds. The molecule has 3 rings (SSSR count). The predicted octanol–water partition coefficient (Wildman–Crippen LogP) is 3.98. The molecule has 9 heteroatoms. The Hall–Kier alpha value is -2.29. The van der Waals surface area contributed by atoms with E-state index < -0.39 is 0 Å². The number of hydrogen-bond acceptors (Lipinski definition) is 7. The van der Waals surface area contributed by atoms with E-state index in [-0.39, 0.29) is 0 Å². The van der Waals surface area contributed by atoms with E-state index in [1.165, 1.54) is 11.5 Å². The average Bonchev–Trinajstić information content (AvgIpc) is 3.21. The molecule has 0 saturated carbocycles. The zero-order chi connectivity index (χ0) is 16.2. The van der Waals surface area contributed by atoms with Gasteiger partial charge in [0.05, 0.1) is 18.5 Å². The lowest BCUT2D eigenvalue weighted by Crippen LogP contribution is -1.95. The highest BCUT2D eigenvalue weighted by atomic mass is 32.1. The molecule has 0 bridgehead atoms. The molecule has 0 aliphatic heterocycles. The van der Waals surface area contributed by atoms with Crippen LogP contribution in [0.5, 0.6) is 5.75 Å². The number of ether oxygens (including phenoxy) is 1. The van der Waals surface area contributed by atoms with Crippen molar-refractivity contribution in [3.63, 3.8) is 0 Å². The van der Waals surface area contributed by atoms with Gasteiger partial charge in [-0.1, -0.05) is 13.3 Å². The first-order chi connectivity index (χ1) is 11.2. The molecule has 0 aliphatic carbocycles. The largest absolute Gasteiger partial charge is 0.489 e. The summed E-state index contributed by atoms with van der Waals surface area (Å²) in [5.74, 6) is 1.56. The molecule has 0 aliphatic rings. The average molecular weight is 333 g/mol. The lowest BCUT2D eigenvalue weighted by atomic mass is 10.2. The normalized spacial score (nSPS) is 11.8. The minimum Gasteiger partial charge on any atom is -0.489 e. The SMILES string of the molecule is CCCCc1nnc2c(N=Nc3sncc3OCC)c(C)[nH]n12. The monoisotopic (exact) mass is 333 g/mol. The second-order valence-corrected chi connectivity index (χ2v) is 5.87. The van der Waals surface area contributed by atoms with Gasteiger partial charge in [0.25, 0.3) is 0 Å². The first kappa shape index (κ1) is 15.6. The summed E-state index contributed by atoms with van der Waals surface area (Å²) in [5.41, 5.74) is 2.29. The maximum absolute atomic E-state index is 5.47. The minimum absolute atomic E-state index is 0.569. The summed E-state index contributed by atoms with van der Waals surface area (Å²) in [4.78, 5) is 0. The minimum atomic E-state index is 0.569. The van der Waals surface area contributed by atoms with Crippen LogP contribution in [0.2, 0.25) is 0 Å². The summed E-state index contributed by atoms with van der Waals surface area (Å²) in [6.07, 6.45) is 4.74. The molecular formula is C14H19N7OS. The molecule has 0 saturated heterocycles. The summed E-state index contributed by atoms with van der Waals surface area (Å²) in [6, 6.07) is 0. The molecule has 0 spiro atoms. The maximum atomic E-state index is 5.47. The Morgan fingerprint density at radius 1 is 1.30 bits per heavy atom. The summed E-state index contributed by atoms with van der Waals surface area (Å²) in [7, 11) is 0. The summed E-state index contributed by atoms with van der Waals surface area (Å²) in [5, 5.41) is 21.0. The second-order valence-electron chi connectivity index (χ2n) is 5.09. The number of rotatable bonds is 7. The van der Waals surface area contributed by atoms with E-state index in [0.29, 0.717) is 28.7 Å². The number of azo groups is 1. The third-order valence-corrected chi connectivity index (χ3v) is 4.06. The molecule has 122 valence electrons. The second kappa shape index (κ2) is 6.86. The summed E-state index contributed by atoms with van der Waals surface area (Å²) in [6.45, 7) is 6.59. The van der Waals surface area contributed by atoms with Crippen LogP contribution in [-0.4, -0.2) is 30.8 Å². The number of H-pyrrole nitrogens is 1. The van der Waals surface area contributed by atoms with Crippen molar-refractivity contribution in [1.29, 1.82) is 0 Å². The molecule has 1 N–H and O–H groups in total. The molecule has 0 unspecified atom stereocenters. The number of hydrogen-bond donors (Lipinski definition) is 1. The number of aromatic nitrogens is 5. The van der Waals surface area contributed by atoms with Gasteiger partial charge >= 0.3 is 0 Å². The highest BCUT2D eigenvalue weighted by Gasteiger charge is 2.15. The van der Waals surface area contributed by atoms with Crippen molar-refractivity contribution < 1.29 is 4.74 Å².